The molecule has 0 heterocycles. The zero-order chi connectivity index (χ0) is 21.1. The molecule has 2 rings (SSSR count). The smallest absolute Gasteiger partial charge is 0.350 e. The highest BCUT2D eigenvalue weighted by atomic mass is 32.2. The van der Waals surface area contributed by atoms with E-state index in [0.717, 1.165) is 34.8 Å². The number of sulfonamides is 1. The number of carbonyl (C=O) groups excluding carboxylic acids is 1. The van der Waals surface area contributed by atoms with Gasteiger partial charge in [-0.05, 0) is 42.8 Å². The van der Waals surface area contributed by atoms with Crippen LogP contribution in [0.15, 0.2) is 48.5 Å². The second-order valence-corrected chi connectivity index (χ2v) is 7.99. The highest BCUT2D eigenvalue weighted by Crippen LogP contribution is 2.29. The van der Waals surface area contributed by atoms with Crippen molar-refractivity contribution < 1.29 is 30.8 Å². The molecule has 0 aliphatic rings. The van der Waals surface area contributed by atoms with Crippen molar-refractivity contribution in [2.75, 3.05) is 10.6 Å². The van der Waals surface area contributed by atoms with E-state index in [1.165, 1.54) is 31.2 Å². The summed E-state index contributed by atoms with van der Waals surface area (Å²) in [4.78, 5) is 12.4. The maximum Gasteiger partial charge on any atom is 0.416 e. The summed E-state index contributed by atoms with van der Waals surface area (Å²) in [6, 6.07) is 7.90. The molecule has 1 N–H and O–H groups in total. The van der Waals surface area contributed by atoms with Crippen molar-refractivity contribution in [3.05, 3.63) is 65.5 Å². The van der Waals surface area contributed by atoms with Gasteiger partial charge in [0.15, 0.2) is 0 Å². The van der Waals surface area contributed by atoms with E-state index < -0.39 is 39.5 Å². The molecule has 2 aromatic rings. The molecular weight excluding hydrogens is 400 g/mol. The first-order chi connectivity index (χ1) is 12.9. The van der Waals surface area contributed by atoms with E-state index >= 15 is 0 Å². The van der Waals surface area contributed by atoms with Crippen LogP contribution in [0.4, 0.5) is 23.2 Å². The monoisotopic (exact) mass is 418 g/mol. The Morgan fingerprint density at radius 3 is 2.36 bits per heavy atom. The van der Waals surface area contributed by atoms with E-state index in [1.807, 2.05) is 0 Å². The Kier molecular flexibility index (Phi) is 6.33. The van der Waals surface area contributed by atoms with Gasteiger partial charge in [0.2, 0.25) is 15.9 Å². The molecule has 0 radical (unpaired) electrons. The molecule has 0 saturated heterocycles. The van der Waals surface area contributed by atoms with Gasteiger partial charge in [-0.1, -0.05) is 18.2 Å². The number of anilines is 1. The lowest BCUT2D eigenvalue weighted by Gasteiger charge is -2.28. The SMILES string of the molecule is CC(C(=O)NCc1cccc(C(F)(F)F)c1)N(c1cccc(F)c1)S(C)(=O)=O. The second kappa shape index (κ2) is 8.17. The normalized spacial score (nSPS) is 13.1. The lowest BCUT2D eigenvalue weighted by molar-refractivity contribution is -0.137. The van der Waals surface area contributed by atoms with Crippen LogP contribution in [-0.2, 0) is 27.5 Å². The number of hydrogen-bond acceptors (Lipinski definition) is 3. The molecule has 2 aromatic carbocycles. The average molecular weight is 418 g/mol. The van der Waals surface area contributed by atoms with E-state index in [1.54, 1.807) is 0 Å². The molecular formula is C18H18F4N2O3S. The van der Waals surface area contributed by atoms with Crippen molar-refractivity contribution in [3.63, 3.8) is 0 Å². The van der Waals surface area contributed by atoms with E-state index in [2.05, 4.69) is 5.32 Å². The molecule has 0 aliphatic heterocycles. The van der Waals surface area contributed by atoms with Crippen LogP contribution in [0.3, 0.4) is 0 Å². The van der Waals surface area contributed by atoms with Crippen molar-refractivity contribution in [2.24, 2.45) is 0 Å². The molecule has 0 bridgehead atoms. The van der Waals surface area contributed by atoms with Crippen LogP contribution < -0.4 is 9.62 Å². The van der Waals surface area contributed by atoms with E-state index in [4.69, 9.17) is 0 Å². The van der Waals surface area contributed by atoms with E-state index in [9.17, 15) is 30.8 Å². The Balaban J connectivity index is 2.18. The maximum absolute atomic E-state index is 13.5. The van der Waals surface area contributed by atoms with E-state index in [0.29, 0.717) is 0 Å². The van der Waals surface area contributed by atoms with Crippen LogP contribution in [-0.4, -0.2) is 26.6 Å². The molecule has 0 aromatic heterocycles. The number of nitrogens with zero attached hydrogens (tertiary/aromatic N) is 1. The lowest BCUT2D eigenvalue weighted by atomic mass is 10.1. The van der Waals surface area contributed by atoms with Gasteiger partial charge in [0.25, 0.3) is 0 Å². The first-order valence-corrected chi connectivity index (χ1v) is 9.93. The van der Waals surface area contributed by atoms with Crippen molar-refractivity contribution >= 4 is 21.6 Å². The molecule has 5 nitrogen and oxygen atoms in total. The van der Waals surface area contributed by atoms with Crippen molar-refractivity contribution in [1.29, 1.82) is 0 Å². The summed E-state index contributed by atoms with van der Waals surface area (Å²) in [5.41, 5.74) is -0.693. The zero-order valence-electron chi connectivity index (χ0n) is 15.0. The van der Waals surface area contributed by atoms with Gasteiger partial charge in [-0.15, -0.1) is 0 Å². The minimum Gasteiger partial charge on any atom is -0.350 e. The average Bonchev–Trinajstić information content (AvgIpc) is 2.58. The third-order valence-electron chi connectivity index (χ3n) is 3.87. The summed E-state index contributed by atoms with van der Waals surface area (Å²) in [6.07, 6.45) is -3.65. The Morgan fingerprint density at radius 2 is 1.79 bits per heavy atom. The van der Waals surface area contributed by atoms with Gasteiger partial charge < -0.3 is 5.32 Å². The molecule has 28 heavy (non-hydrogen) atoms. The van der Waals surface area contributed by atoms with E-state index in [-0.39, 0.29) is 17.8 Å². The third-order valence-corrected chi connectivity index (χ3v) is 5.11. The first-order valence-electron chi connectivity index (χ1n) is 8.08. The number of carbonyl (C=O) groups is 1. The van der Waals surface area contributed by atoms with Crippen LogP contribution in [0.5, 0.6) is 0 Å². The first kappa shape index (κ1) is 21.7. The number of benzene rings is 2. The summed E-state index contributed by atoms with van der Waals surface area (Å²) in [6.45, 7) is 1.07. The molecule has 1 atom stereocenters. The number of hydrogen-bond donors (Lipinski definition) is 1. The summed E-state index contributed by atoms with van der Waals surface area (Å²) in [5, 5.41) is 2.41. The van der Waals surface area contributed by atoms with Crippen LogP contribution in [0, 0.1) is 5.82 Å². The fourth-order valence-electron chi connectivity index (χ4n) is 2.62. The standard InChI is InChI=1S/C18H18F4N2O3S/c1-12(24(28(2,26)27)16-8-4-7-15(19)10-16)17(25)23-11-13-5-3-6-14(9-13)18(20,21)22/h3-10,12H,11H2,1-2H3,(H,23,25). The van der Waals surface area contributed by atoms with Crippen molar-refractivity contribution in [1.82, 2.24) is 5.32 Å². The minimum absolute atomic E-state index is 0.0378. The predicted octanol–water partition coefficient (Wildman–Crippen LogP) is 3.32. The molecule has 152 valence electrons. The topological polar surface area (TPSA) is 66.5 Å². The molecule has 10 heteroatoms. The molecule has 0 saturated carbocycles. The van der Waals surface area contributed by atoms with Crippen LogP contribution in [0.1, 0.15) is 18.1 Å². The van der Waals surface area contributed by atoms with Gasteiger partial charge in [-0.2, -0.15) is 13.2 Å². The Labute approximate surface area is 160 Å². The number of rotatable bonds is 6. The summed E-state index contributed by atoms with van der Waals surface area (Å²) in [5.74, 6) is -1.42. The molecule has 0 spiro atoms. The van der Waals surface area contributed by atoms with Gasteiger partial charge in [-0.3, -0.25) is 9.10 Å². The number of alkyl halides is 3. The van der Waals surface area contributed by atoms with Gasteiger partial charge in [-0.25, -0.2) is 12.8 Å². The highest BCUT2D eigenvalue weighted by molar-refractivity contribution is 7.92. The number of amides is 1. The predicted molar refractivity (Wildman–Crippen MR) is 96.5 cm³/mol. The molecule has 1 amide bonds. The second-order valence-electron chi connectivity index (χ2n) is 6.13. The summed E-state index contributed by atoms with van der Waals surface area (Å²) in [7, 11) is -3.93. The summed E-state index contributed by atoms with van der Waals surface area (Å²) >= 11 is 0. The maximum atomic E-state index is 13.5. The van der Waals surface area contributed by atoms with Crippen molar-refractivity contribution in [2.45, 2.75) is 25.7 Å². The quantitative estimate of drug-likeness (QED) is 0.732. The van der Waals surface area contributed by atoms with Crippen LogP contribution >= 0.6 is 0 Å². The third kappa shape index (κ3) is 5.44. The Morgan fingerprint density at radius 1 is 1.14 bits per heavy atom. The largest absolute Gasteiger partial charge is 0.416 e. The van der Waals surface area contributed by atoms with Crippen LogP contribution in [0.2, 0.25) is 0 Å². The molecule has 0 aliphatic carbocycles. The van der Waals surface area contributed by atoms with Gasteiger partial charge in [0.05, 0.1) is 17.5 Å². The van der Waals surface area contributed by atoms with Crippen LogP contribution in [0.25, 0.3) is 0 Å². The lowest BCUT2D eigenvalue weighted by Crippen LogP contribution is -2.47. The minimum atomic E-state index is -4.52. The zero-order valence-corrected chi connectivity index (χ0v) is 15.8. The van der Waals surface area contributed by atoms with Gasteiger partial charge in [0, 0.05) is 6.54 Å². The van der Waals surface area contributed by atoms with Crippen molar-refractivity contribution in [3.8, 4) is 0 Å². The van der Waals surface area contributed by atoms with Gasteiger partial charge >= 0.3 is 6.18 Å². The van der Waals surface area contributed by atoms with Gasteiger partial charge in [0.1, 0.15) is 11.9 Å². The molecule has 0 fully saturated rings. The Bertz CT molecular complexity index is 961. The fourth-order valence-corrected chi connectivity index (χ4v) is 3.78. The number of halogens is 4. The number of nitrogens with one attached hydrogen (secondary N) is 1. The fraction of sp³-hybridized carbons (Fsp3) is 0.278. The summed E-state index contributed by atoms with van der Waals surface area (Å²) < 4.78 is 76.7. The highest BCUT2D eigenvalue weighted by Gasteiger charge is 2.31. The molecule has 1 unspecified atom stereocenters. The Hall–Kier alpha value is -2.62.